The summed E-state index contributed by atoms with van der Waals surface area (Å²) >= 11 is 7.53. The van der Waals surface area contributed by atoms with Crippen LogP contribution in [0.2, 0.25) is 5.02 Å². The second-order valence-corrected chi connectivity index (χ2v) is 5.43. The Bertz CT molecular complexity index is 508. The molecular weight excluding hydrogens is 269 g/mol. The molecule has 0 aliphatic heterocycles. The van der Waals surface area contributed by atoms with Gasteiger partial charge < -0.3 is 5.73 Å². The predicted molar refractivity (Wildman–Crippen MR) is 77.3 cm³/mol. The minimum atomic E-state index is -0.280. The third-order valence-electron chi connectivity index (χ3n) is 2.43. The monoisotopic (exact) mass is 281 g/mol. The first-order valence-corrected chi connectivity index (χ1v) is 7.04. The molecule has 2 N–H and O–H groups in total. The van der Waals surface area contributed by atoms with Gasteiger partial charge in [-0.3, -0.25) is 0 Å². The van der Waals surface area contributed by atoms with Gasteiger partial charge in [0.2, 0.25) is 0 Å². The van der Waals surface area contributed by atoms with Gasteiger partial charge in [-0.15, -0.1) is 0 Å². The molecule has 0 aromatic heterocycles. The van der Waals surface area contributed by atoms with Gasteiger partial charge >= 0.3 is 0 Å². The number of hydrogen-bond acceptors (Lipinski definition) is 2. The van der Waals surface area contributed by atoms with Crippen molar-refractivity contribution >= 4 is 29.1 Å². The van der Waals surface area contributed by atoms with Crippen molar-refractivity contribution < 1.29 is 4.39 Å². The zero-order chi connectivity index (χ0) is 13.0. The highest BCUT2D eigenvalue weighted by Crippen LogP contribution is 2.21. The lowest BCUT2D eigenvalue weighted by Crippen LogP contribution is -1.90. The average molecular weight is 282 g/mol. The van der Waals surface area contributed by atoms with Crippen LogP contribution in [0, 0.1) is 5.82 Å². The second kappa shape index (κ2) is 6.12. The summed E-state index contributed by atoms with van der Waals surface area (Å²) in [4.78, 5) is 0. The van der Waals surface area contributed by atoms with Crippen LogP contribution in [-0.4, -0.2) is 0 Å². The number of thioether (sulfide) groups is 1. The highest BCUT2D eigenvalue weighted by atomic mass is 35.5. The zero-order valence-corrected chi connectivity index (χ0v) is 11.3. The van der Waals surface area contributed by atoms with Gasteiger partial charge in [0.15, 0.2) is 0 Å². The van der Waals surface area contributed by atoms with E-state index in [1.165, 1.54) is 17.7 Å². The fraction of sp³-hybridized carbons (Fsp3) is 0.143. The van der Waals surface area contributed by atoms with E-state index in [-0.39, 0.29) is 5.82 Å². The summed E-state index contributed by atoms with van der Waals surface area (Å²) in [6.07, 6.45) is 0. The fourth-order valence-electron chi connectivity index (χ4n) is 1.63. The van der Waals surface area contributed by atoms with Crippen LogP contribution in [0.4, 0.5) is 10.1 Å². The Morgan fingerprint density at radius 2 is 1.67 bits per heavy atom. The highest BCUT2D eigenvalue weighted by Gasteiger charge is 2.00. The van der Waals surface area contributed by atoms with E-state index in [1.54, 1.807) is 17.8 Å². The third-order valence-corrected chi connectivity index (χ3v) is 3.76. The fourth-order valence-corrected chi connectivity index (χ4v) is 2.68. The molecule has 2 aromatic carbocycles. The van der Waals surface area contributed by atoms with Crippen LogP contribution in [0.5, 0.6) is 0 Å². The Hall–Kier alpha value is -1.19. The molecule has 18 heavy (non-hydrogen) atoms. The molecule has 0 saturated heterocycles. The molecule has 0 saturated carbocycles. The van der Waals surface area contributed by atoms with Crippen LogP contribution in [0.15, 0.2) is 42.5 Å². The van der Waals surface area contributed by atoms with Crippen molar-refractivity contribution in [1.29, 1.82) is 0 Å². The number of benzene rings is 2. The van der Waals surface area contributed by atoms with E-state index in [4.69, 9.17) is 17.3 Å². The van der Waals surface area contributed by atoms with Crippen LogP contribution in [-0.2, 0) is 11.5 Å². The van der Waals surface area contributed by atoms with Gasteiger partial charge in [0, 0.05) is 22.2 Å². The second-order valence-electron chi connectivity index (χ2n) is 4.01. The molecule has 0 bridgehead atoms. The van der Waals surface area contributed by atoms with Crippen molar-refractivity contribution in [2.24, 2.45) is 0 Å². The molecular formula is C14H13ClFNS. The average Bonchev–Trinajstić information content (AvgIpc) is 2.30. The number of halogens is 2. The number of nitrogens with two attached hydrogens (primary N) is 1. The van der Waals surface area contributed by atoms with Crippen molar-refractivity contribution in [2.45, 2.75) is 11.5 Å². The highest BCUT2D eigenvalue weighted by molar-refractivity contribution is 7.97. The van der Waals surface area contributed by atoms with Crippen LogP contribution >= 0.6 is 23.4 Å². The molecule has 1 nitrogen and oxygen atoms in total. The first-order chi connectivity index (χ1) is 8.63. The molecule has 0 aliphatic carbocycles. The Morgan fingerprint density at radius 3 is 2.33 bits per heavy atom. The van der Waals surface area contributed by atoms with Crippen molar-refractivity contribution in [3.8, 4) is 0 Å². The molecule has 2 rings (SSSR count). The van der Waals surface area contributed by atoms with Gasteiger partial charge in [-0.2, -0.15) is 11.8 Å². The van der Waals surface area contributed by atoms with Crippen molar-refractivity contribution in [2.75, 3.05) is 5.73 Å². The van der Waals surface area contributed by atoms with E-state index in [9.17, 15) is 4.39 Å². The van der Waals surface area contributed by atoms with Gasteiger partial charge in [-0.05, 0) is 41.5 Å². The number of nitrogen functional groups attached to an aromatic ring is 1. The minimum Gasteiger partial charge on any atom is -0.399 e. The van der Waals surface area contributed by atoms with Crippen molar-refractivity contribution in [3.05, 3.63) is 64.4 Å². The topological polar surface area (TPSA) is 26.0 Å². The van der Waals surface area contributed by atoms with Gasteiger partial charge in [0.1, 0.15) is 5.82 Å². The largest absolute Gasteiger partial charge is 0.399 e. The van der Waals surface area contributed by atoms with Crippen molar-refractivity contribution in [1.82, 2.24) is 0 Å². The van der Waals surface area contributed by atoms with Gasteiger partial charge in [-0.1, -0.05) is 23.7 Å². The molecule has 0 amide bonds. The summed E-state index contributed by atoms with van der Waals surface area (Å²) in [6, 6.07) is 12.4. The minimum absolute atomic E-state index is 0.280. The standard InChI is InChI=1S/C14H13ClFNS/c15-12-3-1-10(2-4-12)8-18-9-11-5-13(16)7-14(17)6-11/h1-7H,8-9,17H2. The van der Waals surface area contributed by atoms with Crippen LogP contribution in [0.25, 0.3) is 0 Å². The van der Waals surface area contributed by atoms with E-state index in [2.05, 4.69) is 0 Å². The third kappa shape index (κ3) is 3.93. The quantitative estimate of drug-likeness (QED) is 0.836. The first kappa shape index (κ1) is 13.2. The van der Waals surface area contributed by atoms with E-state index < -0.39 is 0 Å². The Balaban J connectivity index is 1.90. The van der Waals surface area contributed by atoms with Crippen LogP contribution in [0.3, 0.4) is 0 Å². The van der Waals surface area contributed by atoms with E-state index >= 15 is 0 Å². The Morgan fingerprint density at radius 1 is 1.00 bits per heavy atom. The van der Waals surface area contributed by atoms with Gasteiger partial charge in [0.25, 0.3) is 0 Å². The van der Waals surface area contributed by atoms with Gasteiger partial charge in [-0.25, -0.2) is 4.39 Å². The smallest absolute Gasteiger partial charge is 0.125 e. The normalized spacial score (nSPS) is 10.6. The first-order valence-electron chi connectivity index (χ1n) is 5.50. The van der Waals surface area contributed by atoms with E-state index in [0.717, 1.165) is 22.1 Å². The molecule has 0 unspecified atom stereocenters. The molecule has 94 valence electrons. The number of rotatable bonds is 4. The lowest BCUT2D eigenvalue weighted by molar-refractivity contribution is 0.627. The summed E-state index contributed by atoms with van der Waals surface area (Å²) in [6.45, 7) is 0. The maximum atomic E-state index is 13.1. The SMILES string of the molecule is Nc1cc(F)cc(CSCc2ccc(Cl)cc2)c1. The number of hydrogen-bond donors (Lipinski definition) is 1. The van der Waals surface area contributed by atoms with Crippen molar-refractivity contribution in [3.63, 3.8) is 0 Å². The molecule has 4 heteroatoms. The summed E-state index contributed by atoms with van der Waals surface area (Å²) in [7, 11) is 0. The summed E-state index contributed by atoms with van der Waals surface area (Å²) < 4.78 is 13.1. The predicted octanol–water partition coefficient (Wildman–Crippen LogP) is 4.49. The Labute approximate surface area is 115 Å². The van der Waals surface area contributed by atoms with Crippen LogP contribution in [0.1, 0.15) is 11.1 Å². The van der Waals surface area contributed by atoms with Gasteiger partial charge in [0.05, 0.1) is 0 Å². The molecule has 0 fully saturated rings. The van der Waals surface area contributed by atoms with E-state index in [1.807, 2.05) is 24.3 Å². The molecule has 0 spiro atoms. The molecule has 2 aromatic rings. The molecule has 0 aliphatic rings. The summed E-state index contributed by atoms with van der Waals surface area (Å²) in [5.41, 5.74) is 8.18. The lowest BCUT2D eigenvalue weighted by atomic mass is 10.2. The maximum absolute atomic E-state index is 13.1. The molecule has 0 atom stereocenters. The Kier molecular flexibility index (Phi) is 4.50. The van der Waals surface area contributed by atoms with E-state index in [0.29, 0.717) is 5.69 Å². The molecule has 0 heterocycles. The maximum Gasteiger partial charge on any atom is 0.125 e. The lowest BCUT2D eigenvalue weighted by Gasteiger charge is -2.04. The summed E-state index contributed by atoms with van der Waals surface area (Å²) in [5.74, 6) is 1.33. The number of anilines is 1. The molecule has 0 radical (unpaired) electrons. The zero-order valence-electron chi connectivity index (χ0n) is 9.70. The van der Waals surface area contributed by atoms with Crippen LogP contribution < -0.4 is 5.73 Å². The summed E-state index contributed by atoms with van der Waals surface area (Å²) in [5, 5.41) is 0.738.